The van der Waals surface area contributed by atoms with Gasteiger partial charge in [-0.25, -0.2) is 4.79 Å². The minimum absolute atomic E-state index is 0.0499. The SMILES string of the molecule is CCCNC(=O)[C@@H](C)OC(=O)c1ccc2ccccc2c1O. The van der Waals surface area contributed by atoms with Crippen LogP contribution in [0, 0.1) is 0 Å². The Hall–Kier alpha value is -2.56. The number of nitrogens with one attached hydrogen (secondary N) is 1. The summed E-state index contributed by atoms with van der Waals surface area (Å²) in [6.07, 6.45) is -0.109. The van der Waals surface area contributed by atoms with Crippen molar-refractivity contribution in [2.24, 2.45) is 0 Å². The molecule has 1 amide bonds. The molecule has 2 aromatic rings. The van der Waals surface area contributed by atoms with E-state index in [1.807, 2.05) is 19.1 Å². The summed E-state index contributed by atoms with van der Waals surface area (Å²) in [6.45, 7) is 3.97. The highest BCUT2D eigenvalue weighted by atomic mass is 16.5. The minimum Gasteiger partial charge on any atom is -0.506 e. The molecule has 0 unspecified atom stereocenters. The van der Waals surface area contributed by atoms with Gasteiger partial charge in [0.25, 0.3) is 5.91 Å². The number of amides is 1. The topological polar surface area (TPSA) is 75.6 Å². The van der Waals surface area contributed by atoms with Gasteiger partial charge in [0, 0.05) is 11.9 Å². The Morgan fingerprint density at radius 1 is 1.23 bits per heavy atom. The van der Waals surface area contributed by atoms with Gasteiger partial charge in [-0.2, -0.15) is 0 Å². The normalized spacial score (nSPS) is 11.9. The van der Waals surface area contributed by atoms with Crippen molar-refractivity contribution in [2.75, 3.05) is 6.54 Å². The van der Waals surface area contributed by atoms with E-state index in [1.54, 1.807) is 18.2 Å². The van der Waals surface area contributed by atoms with Gasteiger partial charge in [0.1, 0.15) is 11.3 Å². The predicted octanol–water partition coefficient (Wildman–Crippen LogP) is 2.62. The maximum absolute atomic E-state index is 12.1. The first-order valence-corrected chi connectivity index (χ1v) is 7.24. The van der Waals surface area contributed by atoms with E-state index >= 15 is 0 Å². The first-order chi connectivity index (χ1) is 10.5. The van der Waals surface area contributed by atoms with Crippen LogP contribution in [0.25, 0.3) is 10.8 Å². The molecule has 0 spiro atoms. The Bertz CT molecular complexity index is 696. The largest absolute Gasteiger partial charge is 0.506 e. The van der Waals surface area contributed by atoms with Crippen molar-refractivity contribution in [1.29, 1.82) is 0 Å². The number of benzene rings is 2. The van der Waals surface area contributed by atoms with Gasteiger partial charge in [-0.15, -0.1) is 0 Å². The number of esters is 1. The molecule has 0 heterocycles. The van der Waals surface area contributed by atoms with Crippen molar-refractivity contribution in [3.05, 3.63) is 42.0 Å². The van der Waals surface area contributed by atoms with Crippen LogP contribution >= 0.6 is 0 Å². The maximum atomic E-state index is 12.1. The molecule has 0 aromatic heterocycles. The standard InChI is InChI=1S/C17H19NO4/c1-3-10-18-16(20)11(2)22-17(21)14-9-8-12-6-4-5-7-13(12)15(14)19/h4-9,11,19H,3,10H2,1-2H3,(H,18,20)/t11-/m1/s1. The molecular weight excluding hydrogens is 282 g/mol. The summed E-state index contributed by atoms with van der Waals surface area (Å²) < 4.78 is 5.11. The number of carbonyl (C=O) groups is 2. The van der Waals surface area contributed by atoms with Gasteiger partial charge >= 0.3 is 5.97 Å². The van der Waals surface area contributed by atoms with E-state index < -0.39 is 12.1 Å². The van der Waals surface area contributed by atoms with Crippen LogP contribution in [-0.2, 0) is 9.53 Å². The number of rotatable bonds is 5. The molecule has 0 aliphatic heterocycles. The van der Waals surface area contributed by atoms with Crippen LogP contribution in [-0.4, -0.2) is 29.6 Å². The van der Waals surface area contributed by atoms with Crippen molar-refractivity contribution < 1.29 is 19.4 Å². The zero-order valence-electron chi connectivity index (χ0n) is 12.6. The Labute approximate surface area is 128 Å². The third-order valence-corrected chi connectivity index (χ3v) is 3.32. The summed E-state index contributed by atoms with van der Waals surface area (Å²) in [5.74, 6) is -1.21. The second-order valence-corrected chi connectivity index (χ2v) is 5.02. The van der Waals surface area contributed by atoms with E-state index in [2.05, 4.69) is 5.32 Å². The highest BCUT2D eigenvalue weighted by molar-refractivity contribution is 6.01. The van der Waals surface area contributed by atoms with Crippen LogP contribution in [0.5, 0.6) is 5.75 Å². The summed E-state index contributed by atoms with van der Waals surface area (Å²) in [4.78, 5) is 23.9. The summed E-state index contributed by atoms with van der Waals surface area (Å²) in [5.41, 5.74) is 0.0499. The van der Waals surface area contributed by atoms with Crippen LogP contribution in [0.2, 0.25) is 0 Å². The van der Waals surface area contributed by atoms with E-state index in [0.717, 1.165) is 11.8 Å². The molecule has 5 nitrogen and oxygen atoms in total. The Morgan fingerprint density at radius 3 is 2.68 bits per heavy atom. The summed E-state index contributed by atoms with van der Waals surface area (Å²) >= 11 is 0. The van der Waals surface area contributed by atoms with E-state index in [-0.39, 0.29) is 17.2 Å². The molecule has 22 heavy (non-hydrogen) atoms. The highest BCUT2D eigenvalue weighted by Crippen LogP contribution is 2.29. The molecule has 1 atom stereocenters. The molecule has 0 aliphatic rings. The summed E-state index contributed by atoms with van der Waals surface area (Å²) in [5, 5.41) is 14.3. The highest BCUT2D eigenvalue weighted by Gasteiger charge is 2.21. The molecule has 0 aliphatic carbocycles. The number of ether oxygens (including phenoxy) is 1. The first-order valence-electron chi connectivity index (χ1n) is 7.24. The molecule has 0 bridgehead atoms. The van der Waals surface area contributed by atoms with Gasteiger partial charge in [-0.3, -0.25) is 4.79 Å². The number of phenols is 1. The van der Waals surface area contributed by atoms with Gasteiger partial charge in [0.15, 0.2) is 6.10 Å². The number of phenolic OH excluding ortho intramolecular Hbond substituents is 1. The molecule has 5 heteroatoms. The smallest absolute Gasteiger partial charge is 0.342 e. The number of carbonyl (C=O) groups excluding carboxylic acids is 2. The fraction of sp³-hybridized carbons (Fsp3) is 0.294. The van der Waals surface area contributed by atoms with E-state index in [0.29, 0.717) is 11.9 Å². The average Bonchev–Trinajstić information content (AvgIpc) is 2.52. The van der Waals surface area contributed by atoms with Crippen LogP contribution in [0.1, 0.15) is 30.6 Å². The molecule has 2 rings (SSSR count). The van der Waals surface area contributed by atoms with E-state index in [1.165, 1.54) is 13.0 Å². The van der Waals surface area contributed by atoms with Crippen molar-refractivity contribution in [1.82, 2.24) is 5.32 Å². The number of hydrogen-bond donors (Lipinski definition) is 2. The fourth-order valence-electron chi connectivity index (χ4n) is 2.09. The fourth-order valence-corrected chi connectivity index (χ4v) is 2.09. The lowest BCUT2D eigenvalue weighted by Crippen LogP contribution is -2.36. The van der Waals surface area contributed by atoms with Gasteiger partial charge in [0.2, 0.25) is 0 Å². The second-order valence-electron chi connectivity index (χ2n) is 5.02. The van der Waals surface area contributed by atoms with Gasteiger partial charge in [0.05, 0.1) is 0 Å². The number of hydrogen-bond acceptors (Lipinski definition) is 4. The quantitative estimate of drug-likeness (QED) is 0.832. The van der Waals surface area contributed by atoms with Gasteiger partial charge in [-0.05, 0) is 24.8 Å². The van der Waals surface area contributed by atoms with Crippen molar-refractivity contribution in [2.45, 2.75) is 26.4 Å². The first kappa shape index (κ1) is 15.8. The Morgan fingerprint density at radius 2 is 1.95 bits per heavy atom. The third-order valence-electron chi connectivity index (χ3n) is 3.32. The maximum Gasteiger partial charge on any atom is 0.342 e. The van der Waals surface area contributed by atoms with Crippen LogP contribution in [0.3, 0.4) is 0 Å². The van der Waals surface area contributed by atoms with E-state index in [9.17, 15) is 14.7 Å². The lowest BCUT2D eigenvalue weighted by Gasteiger charge is -2.14. The van der Waals surface area contributed by atoms with Crippen molar-refractivity contribution in [3.63, 3.8) is 0 Å². The molecule has 2 N–H and O–H groups in total. The minimum atomic E-state index is -0.912. The molecule has 0 saturated carbocycles. The van der Waals surface area contributed by atoms with Crippen LogP contribution < -0.4 is 5.32 Å². The van der Waals surface area contributed by atoms with Crippen LogP contribution in [0.4, 0.5) is 0 Å². The Balaban J connectivity index is 2.16. The summed E-state index contributed by atoms with van der Waals surface area (Å²) in [7, 11) is 0. The second kappa shape index (κ2) is 6.93. The van der Waals surface area contributed by atoms with Crippen LogP contribution in [0.15, 0.2) is 36.4 Å². The monoisotopic (exact) mass is 301 g/mol. The predicted molar refractivity (Wildman–Crippen MR) is 83.8 cm³/mol. The average molecular weight is 301 g/mol. The molecular formula is C17H19NO4. The molecule has 0 saturated heterocycles. The molecule has 0 fully saturated rings. The third kappa shape index (κ3) is 3.36. The number of fused-ring (bicyclic) bond motifs is 1. The Kier molecular flexibility index (Phi) is 4.99. The lowest BCUT2D eigenvalue weighted by molar-refractivity contribution is -0.129. The van der Waals surface area contributed by atoms with Crippen molar-refractivity contribution in [3.8, 4) is 5.75 Å². The van der Waals surface area contributed by atoms with Crippen molar-refractivity contribution >= 4 is 22.6 Å². The zero-order valence-corrected chi connectivity index (χ0v) is 12.6. The van der Waals surface area contributed by atoms with E-state index in [4.69, 9.17) is 4.74 Å². The van der Waals surface area contributed by atoms with Gasteiger partial charge in [-0.1, -0.05) is 37.3 Å². The molecule has 116 valence electrons. The van der Waals surface area contributed by atoms with Gasteiger partial charge < -0.3 is 15.2 Å². The molecule has 0 radical (unpaired) electrons. The summed E-state index contributed by atoms with van der Waals surface area (Å²) in [6, 6.07) is 10.4. The number of aromatic hydroxyl groups is 1. The molecule has 2 aromatic carbocycles. The zero-order chi connectivity index (χ0) is 16.1. The lowest BCUT2D eigenvalue weighted by atomic mass is 10.1.